The van der Waals surface area contributed by atoms with Crippen molar-refractivity contribution in [2.75, 3.05) is 50.3 Å². The van der Waals surface area contributed by atoms with Crippen LogP contribution in [-0.4, -0.2) is 105 Å². The number of nitrogens with one attached hydrogen (secondary N) is 1. The van der Waals surface area contributed by atoms with E-state index in [1.807, 2.05) is 13.0 Å². The summed E-state index contributed by atoms with van der Waals surface area (Å²) in [5.74, 6) is 1.65. The minimum absolute atomic E-state index is 0.0813. The number of likely N-dealkylation sites (tertiary alicyclic amines) is 1. The predicted octanol–water partition coefficient (Wildman–Crippen LogP) is 5.81. The van der Waals surface area contributed by atoms with Crippen molar-refractivity contribution in [1.82, 2.24) is 28.6 Å². The Morgan fingerprint density at radius 3 is 2.42 bits per heavy atom. The molecule has 2 aliphatic heterocycles. The monoisotopic (exact) mass is 772 g/mol. The Kier molecular flexibility index (Phi) is 10.8. The Labute approximate surface area is 312 Å². The first-order valence-electron chi connectivity index (χ1n) is 18.5. The number of nitrogens with zero attached hydrogens (tertiary/aromatic N) is 7. The molecule has 2 N–H and O–H groups in total. The normalized spacial score (nSPS) is 19.9. The standard InChI is InChI=1S/C37H47F3N8O3S2/c1-4-33-43-35(30-18-32(52-36(30)44-33)34(49)37(38,39)40)42-27-9-11-45(12-10-27)21-26-7-8-31-29(24(26)3)17-28(19-41)48(31)20-23(2)46-13-15-47(16-14-46)53(50,51)22-25-5-6-25/h7-8,17-18,23,25,27,34,49H,4-6,9-16,20-22H2,1-3H3,(H,42,43,44)/t23-,34?/m0/s1. The minimum Gasteiger partial charge on any atom is -0.379 e. The van der Waals surface area contributed by atoms with E-state index in [9.17, 15) is 32.0 Å². The topological polar surface area (TPSA) is 131 Å². The van der Waals surface area contributed by atoms with Gasteiger partial charge in [0.1, 0.15) is 28.2 Å². The number of alkyl halides is 3. The summed E-state index contributed by atoms with van der Waals surface area (Å²) in [7, 11) is -3.20. The molecule has 0 spiro atoms. The van der Waals surface area contributed by atoms with Crippen molar-refractivity contribution in [2.45, 2.75) is 90.3 Å². The molecule has 2 atom stereocenters. The van der Waals surface area contributed by atoms with Gasteiger partial charge in [-0.15, -0.1) is 11.3 Å². The van der Waals surface area contributed by atoms with Gasteiger partial charge in [-0.05, 0) is 74.8 Å². The molecule has 0 amide bonds. The molecule has 0 radical (unpaired) electrons. The molecule has 0 bridgehead atoms. The van der Waals surface area contributed by atoms with Gasteiger partial charge in [-0.2, -0.15) is 22.7 Å². The van der Waals surface area contributed by atoms with Gasteiger partial charge in [-0.25, -0.2) is 18.4 Å². The molecule has 16 heteroatoms. The van der Waals surface area contributed by atoms with Gasteiger partial charge in [-0.3, -0.25) is 9.80 Å². The number of fused-ring (bicyclic) bond motifs is 2. The maximum atomic E-state index is 13.3. The third-order valence-corrected chi connectivity index (χ3v) is 14.3. The second-order valence-electron chi connectivity index (χ2n) is 14.9. The first kappa shape index (κ1) is 38.0. The van der Waals surface area contributed by atoms with Gasteiger partial charge in [-0.1, -0.05) is 13.0 Å². The summed E-state index contributed by atoms with van der Waals surface area (Å²) >= 11 is 0.847. The number of hydrogen-bond acceptors (Lipinski definition) is 10. The van der Waals surface area contributed by atoms with Crippen molar-refractivity contribution in [3.63, 3.8) is 0 Å². The third-order valence-electron chi connectivity index (χ3n) is 11.1. The first-order chi connectivity index (χ1) is 25.2. The molecule has 7 rings (SSSR count). The average molecular weight is 773 g/mol. The van der Waals surface area contributed by atoms with E-state index in [2.05, 4.69) is 61.7 Å². The summed E-state index contributed by atoms with van der Waals surface area (Å²) in [6, 6.07) is 10.2. The summed E-state index contributed by atoms with van der Waals surface area (Å²) in [4.78, 5) is 14.0. The van der Waals surface area contributed by atoms with Crippen LogP contribution in [0.2, 0.25) is 0 Å². The predicted molar refractivity (Wildman–Crippen MR) is 200 cm³/mol. The van der Waals surface area contributed by atoms with Crippen molar-refractivity contribution in [2.24, 2.45) is 5.92 Å². The van der Waals surface area contributed by atoms with Crippen LogP contribution < -0.4 is 5.32 Å². The largest absolute Gasteiger partial charge is 0.419 e. The number of thiophene rings is 1. The van der Waals surface area contributed by atoms with E-state index in [1.165, 1.54) is 11.6 Å². The average Bonchev–Trinajstić information content (AvgIpc) is 3.71. The number of benzene rings is 1. The summed E-state index contributed by atoms with van der Waals surface area (Å²) < 4.78 is 69.1. The Morgan fingerprint density at radius 1 is 1.06 bits per heavy atom. The van der Waals surface area contributed by atoms with Crippen LogP contribution in [0.1, 0.15) is 73.2 Å². The maximum Gasteiger partial charge on any atom is 0.419 e. The molecule has 3 aliphatic rings. The Morgan fingerprint density at radius 2 is 1.77 bits per heavy atom. The fraction of sp³-hybridized carbons (Fsp3) is 0.595. The fourth-order valence-corrected chi connectivity index (χ4v) is 10.6. The van der Waals surface area contributed by atoms with E-state index in [-0.39, 0.29) is 22.7 Å². The smallest absolute Gasteiger partial charge is 0.379 e. The summed E-state index contributed by atoms with van der Waals surface area (Å²) in [6.07, 6.45) is -3.10. The number of piperazine rings is 1. The number of rotatable bonds is 12. The number of anilines is 1. The summed E-state index contributed by atoms with van der Waals surface area (Å²) in [6.45, 7) is 11.5. The lowest BCUT2D eigenvalue weighted by Crippen LogP contribution is -2.52. The van der Waals surface area contributed by atoms with Gasteiger partial charge in [0.25, 0.3) is 0 Å². The number of aromatic nitrogens is 3. The maximum absolute atomic E-state index is 13.3. The van der Waals surface area contributed by atoms with Crippen LogP contribution >= 0.6 is 11.3 Å². The van der Waals surface area contributed by atoms with Crippen LogP contribution in [0.15, 0.2) is 24.3 Å². The van der Waals surface area contributed by atoms with Crippen LogP contribution in [0.5, 0.6) is 0 Å². The molecule has 1 aliphatic carbocycles. The molecule has 3 fully saturated rings. The molecular formula is C37H47F3N8O3S2. The third kappa shape index (κ3) is 8.20. The van der Waals surface area contributed by atoms with E-state index in [0.717, 1.165) is 73.1 Å². The van der Waals surface area contributed by atoms with Crippen molar-refractivity contribution in [1.29, 1.82) is 5.26 Å². The molecule has 286 valence electrons. The fourth-order valence-electron chi connectivity index (χ4n) is 7.69. The number of aliphatic hydroxyl groups excluding tert-OH is 1. The molecule has 53 heavy (non-hydrogen) atoms. The zero-order valence-electron chi connectivity index (χ0n) is 30.4. The highest BCUT2D eigenvalue weighted by Crippen LogP contribution is 2.40. The zero-order valence-corrected chi connectivity index (χ0v) is 32.0. The summed E-state index contributed by atoms with van der Waals surface area (Å²) in [5.41, 5.74) is 3.97. The molecule has 3 aromatic heterocycles. The number of aliphatic hydroxyl groups is 1. The number of hydrogen-bond donors (Lipinski definition) is 2. The van der Waals surface area contributed by atoms with Gasteiger partial charge in [0, 0.05) is 86.6 Å². The van der Waals surface area contributed by atoms with E-state index in [1.54, 1.807) is 4.31 Å². The SMILES string of the molecule is CCc1nc(NC2CCN(Cc3ccc4c(cc(C#N)n4C[C@H](C)N4CCN(S(=O)(=O)CC5CC5)CC4)c3C)CC2)c2cc(C(O)C(F)(F)F)sc2n1. The number of halogens is 3. The number of piperidine rings is 1. The lowest BCUT2D eigenvalue weighted by atomic mass is 10.0. The van der Waals surface area contributed by atoms with Gasteiger partial charge in [0.15, 0.2) is 6.10 Å². The molecule has 2 saturated heterocycles. The zero-order chi connectivity index (χ0) is 37.7. The van der Waals surface area contributed by atoms with Crippen LogP contribution in [-0.2, 0) is 29.5 Å². The van der Waals surface area contributed by atoms with Crippen molar-refractivity contribution >= 4 is 48.3 Å². The number of aryl methyl sites for hydroxylation is 2. The van der Waals surface area contributed by atoms with Gasteiger partial charge in [0.2, 0.25) is 10.0 Å². The van der Waals surface area contributed by atoms with E-state index in [4.69, 9.17) is 0 Å². The Bertz CT molecular complexity index is 2110. The van der Waals surface area contributed by atoms with Crippen molar-refractivity contribution < 1.29 is 26.7 Å². The molecular weight excluding hydrogens is 726 g/mol. The molecule has 1 aromatic carbocycles. The highest BCUT2D eigenvalue weighted by molar-refractivity contribution is 7.89. The van der Waals surface area contributed by atoms with Gasteiger partial charge in [0.05, 0.1) is 11.1 Å². The van der Waals surface area contributed by atoms with Crippen molar-refractivity contribution in [3.8, 4) is 6.07 Å². The molecule has 11 nitrogen and oxygen atoms in total. The lowest BCUT2D eigenvalue weighted by Gasteiger charge is -2.37. The molecule has 5 heterocycles. The lowest BCUT2D eigenvalue weighted by molar-refractivity contribution is -0.205. The van der Waals surface area contributed by atoms with Crippen LogP contribution in [0.25, 0.3) is 21.1 Å². The van der Waals surface area contributed by atoms with Gasteiger partial charge >= 0.3 is 6.18 Å². The Hall–Kier alpha value is -3.33. The van der Waals surface area contributed by atoms with Gasteiger partial charge < -0.3 is 15.0 Å². The van der Waals surface area contributed by atoms with Crippen LogP contribution in [0.3, 0.4) is 0 Å². The van der Waals surface area contributed by atoms with Crippen molar-refractivity contribution in [3.05, 3.63) is 51.8 Å². The quantitative estimate of drug-likeness (QED) is 0.183. The van der Waals surface area contributed by atoms with Crippen LogP contribution in [0.4, 0.5) is 19.0 Å². The second-order valence-corrected chi connectivity index (χ2v) is 18.0. The van der Waals surface area contributed by atoms with E-state index >= 15 is 0 Å². The minimum atomic E-state index is -4.76. The second kappa shape index (κ2) is 15.1. The highest BCUT2D eigenvalue weighted by Gasteiger charge is 2.41. The van der Waals surface area contributed by atoms with Crippen LogP contribution in [0, 0.1) is 24.2 Å². The molecule has 1 unspecified atom stereocenters. The number of nitriles is 1. The first-order valence-corrected chi connectivity index (χ1v) is 20.9. The number of sulfonamides is 1. The van der Waals surface area contributed by atoms with E-state index < -0.39 is 22.3 Å². The molecule has 4 aromatic rings. The summed E-state index contributed by atoms with van der Waals surface area (Å²) in [5, 5.41) is 25.0. The molecule has 1 saturated carbocycles. The Balaban J connectivity index is 0.980. The van der Waals surface area contributed by atoms with E-state index in [0.29, 0.717) is 72.6 Å². The highest BCUT2D eigenvalue weighted by atomic mass is 32.2.